The monoisotopic (exact) mass is 465 g/mol. The molecule has 0 fully saturated rings. The maximum absolute atomic E-state index is 12.6. The summed E-state index contributed by atoms with van der Waals surface area (Å²) in [7, 11) is -1.11. The molecule has 0 aliphatic carbocycles. The number of methoxy groups -OCH3 is 1. The highest BCUT2D eigenvalue weighted by molar-refractivity contribution is 7.89. The van der Waals surface area contributed by atoms with Gasteiger partial charge in [-0.2, -0.15) is 0 Å². The van der Waals surface area contributed by atoms with E-state index in [4.69, 9.17) is 16.3 Å². The third-order valence-corrected chi connectivity index (χ3v) is 7.00. The van der Waals surface area contributed by atoms with Crippen molar-refractivity contribution >= 4 is 38.9 Å². The summed E-state index contributed by atoms with van der Waals surface area (Å²) >= 11 is 7.42. The first kappa shape index (κ1) is 22.2. The van der Waals surface area contributed by atoms with E-state index in [1.807, 2.05) is 19.1 Å². The lowest BCUT2D eigenvalue weighted by molar-refractivity contribution is 0.0950. The van der Waals surface area contributed by atoms with Gasteiger partial charge in [0.2, 0.25) is 10.0 Å². The topological polar surface area (TPSA) is 97.4 Å². The predicted octanol–water partition coefficient (Wildman–Crippen LogP) is 3.62. The van der Waals surface area contributed by atoms with Crippen LogP contribution in [0.3, 0.4) is 0 Å². The number of carbonyl (C=O) groups is 1. The summed E-state index contributed by atoms with van der Waals surface area (Å²) in [6.45, 7) is 2.18. The molecular formula is C20H20ClN3O4S2. The van der Waals surface area contributed by atoms with Crippen molar-refractivity contribution < 1.29 is 17.9 Å². The summed E-state index contributed by atoms with van der Waals surface area (Å²) in [6, 6.07) is 11.6. The van der Waals surface area contributed by atoms with Crippen molar-refractivity contribution in [2.24, 2.45) is 0 Å². The lowest BCUT2D eigenvalue weighted by Gasteiger charge is -2.11. The Bertz CT molecular complexity index is 1180. The van der Waals surface area contributed by atoms with E-state index in [1.165, 1.54) is 43.7 Å². The first-order valence-corrected chi connectivity index (χ1v) is 11.5. The summed E-state index contributed by atoms with van der Waals surface area (Å²) in [5.41, 5.74) is 1.99. The van der Waals surface area contributed by atoms with Gasteiger partial charge in [0.25, 0.3) is 5.91 Å². The smallest absolute Gasteiger partial charge is 0.251 e. The van der Waals surface area contributed by atoms with Gasteiger partial charge in [-0.05, 0) is 44.3 Å². The first-order valence-electron chi connectivity index (χ1n) is 8.87. The molecule has 0 atom stereocenters. The predicted molar refractivity (Wildman–Crippen MR) is 118 cm³/mol. The van der Waals surface area contributed by atoms with Crippen molar-refractivity contribution in [3.8, 4) is 17.0 Å². The molecule has 1 aromatic heterocycles. The highest BCUT2D eigenvalue weighted by atomic mass is 35.5. The minimum absolute atomic E-state index is 0.102. The molecule has 0 saturated carbocycles. The number of benzene rings is 2. The molecule has 158 valence electrons. The van der Waals surface area contributed by atoms with E-state index in [9.17, 15) is 13.2 Å². The van der Waals surface area contributed by atoms with Gasteiger partial charge in [-0.3, -0.25) is 4.79 Å². The van der Waals surface area contributed by atoms with Crippen molar-refractivity contribution in [3.05, 3.63) is 62.9 Å². The Morgan fingerprint density at radius 1 is 1.20 bits per heavy atom. The molecule has 0 aliphatic rings. The van der Waals surface area contributed by atoms with Crippen LogP contribution in [0.2, 0.25) is 5.02 Å². The maximum atomic E-state index is 12.6. The molecule has 7 nitrogen and oxygen atoms in total. The Morgan fingerprint density at radius 3 is 2.53 bits per heavy atom. The van der Waals surface area contributed by atoms with E-state index in [0.717, 1.165) is 21.1 Å². The number of aromatic nitrogens is 1. The van der Waals surface area contributed by atoms with Crippen LogP contribution in [0.15, 0.2) is 47.4 Å². The van der Waals surface area contributed by atoms with Gasteiger partial charge in [0, 0.05) is 21.0 Å². The van der Waals surface area contributed by atoms with E-state index in [0.29, 0.717) is 5.02 Å². The molecule has 0 bridgehead atoms. The number of hydrogen-bond acceptors (Lipinski definition) is 6. The molecule has 1 amide bonds. The second kappa shape index (κ2) is 9.13. The quantitative estimate of drug-likeness (QED) is 0.555. The van der Waals surface area contributed by atoms with Crippen molar-refractivity contribution in [1.82, 2.24) is 15.0 Å². The normalized spacial score (nSPS) is 11.3. The summed E-state index contributed by atoms with van der Waals surface area (Å²) in [6.07, 6.45) is 0. The van der Waals surface area contributed by atoms with Crippen molar-refractivity contribution in [1.29, 1.82) is 0 Å². The van der Waals surface area contributed by atoms with Gasteiger partial charge >= 0.3 is 0 Å². The van der Waals surface area contributed by atoms with Crippen LogP contribution in [0.5, 0.6) is 5.75 Å². The van der Waals surface area contributed by atoms with Crippen LogP contribution in [0.4, 0.5) is 0 Å². The van der Waals surface area contributed by atoms with Crippen molar-refractivity contribution in [3.63, 3.8) is 0 Å². The average Bonchev–Trinajstić information content (AvgIpc) is 3.12. The summed E-state index contributed by atoms with van der Waals surface area (Å²) in [4.78, 5) is 18.1. The summed E-state index contributed by atoms with van der Waals surface area (Å²) in [5, 5.41) is 4.17. The Labute approximate surface area is 184 Å². The number of ether oxygens (including phenoxy) is 1. The van der Waals surface area contributed by atoms with E-state index < -0.39 is 15.9 Å². The number of nitrogens with zero attached hydrogens (tertiary/aromatic N) is 1. The first-order chi connectivity index (χ1) is 14.2. The molecule has 2 aromatic carbocycles. The standard InChI is InChI=1S/C20H20ClN3O4S2/c1-12-19(13-4-7-15(21)8-5-13)24-18(29-12)11-23-20(25)14-6-9-16(28-3)17(10-14)30(26,27)22-2/h4-10,22H,11H2,1-3H3,(H,23,25). The largest absolute Gasteiger partial charge is 0.495 e. The minimum Gasteiger partial charge on any atom is -0.495 e. The zero-order valence-corrected chi connectivity index (χ0v) is 18.9. The number of sulfonamides is 1. The van der Waals surface area contributed by atoms with Gasteiger partial charge in [0.05, 0.1) is 19.3 Å². The lowest BCUT2D eigenvalue weighted by Crippen LogP contribution is -2.24. The van der Waals surface area contributed by atoms with Crippen LogP contribution in [0.25, 0.3) is 11.3 Å². The molecule has 0 unspecified atom stereocenters. The molecule has 0 radical (unpaired) electrons. The van der Waals surface area contributed by atoms with E-state index in [2.05, 4.69) is 15.0 Å². The number of rotatable bonds is 7. The van der Waals surface area contributed by atoms with Gasteiger partial charge in [0.1, 0.15) is 15.7 Å². The number of aryl methyl sites for hydroxylation is 1. The van der Waals surface area contributed by atoms with Crippen LogP contribution in [0, 0.1) is 6.92 Å². The number of halogens is 1. The number of carbonyl (C=O) groups excluding carboxylic acids is 1. The summed E-state index contributed by atoms with van der Waals surface area (Å²) < 4.78 is 31.7. The average molecular weight is 466 g/mol. The molecule has 3 aromatic rings. The Hall–Kier alpha value is -2.46. The van der Waals surface area contributed by atoms with Crippen LogP contribution >= 0.6 is 22.9 Å². The van der Waals surface area contributed by atoms with Crippen LogP contribution in [-0.2, 0) is 16.6 Å². The Balaban J connectivity index is 1.77. The van der Waals surface area contributed by atoms with Gasteiger partial charge in [-0.25, -0.2) is 18.1 Å². The molecule has 0 spiro atoms. The Kier molecular flexibility index (Phi) is 6.77. The minimum atomic E-state index is -3.77. The fourth-order valence-electron chi connectivity index (χ4n) is 2.80. The van der Waals surface area contributed by atoms with E-state index >= 15 is 0 Å². The van der Waals surface area contributed by atoms with Gasteiger partial charge in [-0.1, -0.05) is 23.7 Å². The SMILES string of the molecule is CNS(=O)(=O)c1cc(C(=O)NCc2nc(-c3ccc(Cl)cc3)c(C)s2)ccc1OC. The molecule has 10 heteroatoms. The molecule has 2 N–H and O–H groups in total. The molecule has 0 saturated heterocycles. The third-order valence-electron chi connectivity index (χ3n) is 4.34. The van der Waals surface area contributed by atoms with Crippen LogP contribution in [-0.4, -0.2) is 33.5 Å². The highest BCUT2D eigenvalue weighted by Gasteiger charge is 2.20. The number of thiazole rings is 1. The van der Waals surface area contributed by atoms with E-state index in [1.54, 1.807) is 12.1 Å². The highest BCUT2D eigenvalue weighted by Crippen LogP contribution is 2.29. The van der Waals surface area contributed by atoms with Crippen molar-refractivity contribution in [2.45, 2.75) is 18.4 Å². The lowest BCUT2D eigenvalue weighted by atomic mass is 10.1. The molecule has 0 aliphatic heterocycles. The molecule has 3 rings (SSSR count). The van der Waals surface area contributed by atoms with Crippen molar-refractivity contribution in [2.75, 3.05) is 14.2 Å². The zero-order chi connectivity index (χ0) is 21.9. The maximum Gasteiger partial charge on any atom is 0.251 e. The van der Waals surface area contributed by atoms with Crippen LogP contribution < -0.4 is 14.8 Å². The zero-order valence-electron chi connectivity index (χ0n) is 16.5. The number of nitrogens with one attached hydrogen (secondary N) is 2. The second-order valence-corrected chi connectivity index (χ2v) is 9.85. The Morgan fingerprint density at radius 2 is 1.90 bits per heavy atom. The van der Waals surface area contributed by atoms with Gasteiger partial charge in [0.15, 0.2) is 0 Å². The molecule has 30 heavy (non-hydrogen) atoms. The molecular weight excluding hydrogens is 446 g/mol. The van der Waals surface area contributed by atoms with Crippen LogP contribution in [0.1, 0.15) is 20.2 Å². The van der Waals surface area contributed by atoms with Gasteiger partial charge in [-0.15, -0.1) is 11.3 Å². The number of hydrogen-bond donors (Lipinski definition) is 2. The fourth-order valence-corrected chi connectivity index (χ4v) is 4.74. The summed E-state index contributed by atoms with van der Waals surface area (Å²) in [5.74, 6) is -0.254. The third kappa shape index (κ3) is 4.81. The van der Waals surface area contributed by atoms with Gasteiger partial charge < -0.3 is 10.1 Å². The molecule has 1 heterocycles. The van der Waals surface area contributed by atoms with E-state index in [-0.39, 0.29) is 22.8 Å². The second-order valence-electron chi connectivity index (χ2n) is 6.28. The number of amides is 1. The fraction of sp³-hybridized carbons (Fsp3) is 0.200.